The predicted octanol–water partition coefficient (Wildman–Crippen LogP) is 0.851. The summed E-state index contributed by atoms with van der Waals surface area (Å²) in [5, 5.41) is 18.5. The number of ether oxygens (including phenoxy) is 2. The van der Waals surface area contributed by atoms with Gasteiger partial charge in [0, 0.05) is 0 Å². The third-order valence-corrected chi connectivity index (χ3v) is 2.90. The molecule has 22 heavy (non-hydrogen) atoms. The third kappa shape index (κ3) is 4.87. The van der Waals surface area contributed by atoms with Gasteiger partial charge in [0.1, 0.15) is 0 Å². The van der Waals surface area contributed by atoms with Crippen molar-refractivity contribution >= 4 is 23.9 Å². The number of hydrogen-bond acceptors (Lipinski definition) is 6. The van der Waals surface area contributed by atoms with Gasteiger partial charge in [0.05, 0.1) is 36.2 Å². The number of hydrogen-bond donors (Lipinski definition) is 2. The maximum atomic E-state index is 11.7. The molecule has 2 atom stereocenters. The first-order valence-electron chi connectivity index (χ1n) is 6.72. The Balaban J connectivity index is 5.97. The van der Waals surface area contributed by atoms with Crippen LogP contribution < -0.4 is 0 Å². The average molecular weight is 316 g/mol. The highest BCUT2D eigenvalue weighted by atomic mass is 16.5. The zero-order chi connectivity index (χ0) is 17.4. The molecular weight excluding hydrogens is 296 g/mol. The first-order chi connectivity index (χ1) is 10.2. The van der Waals surface area contributed by atoms with Crippen LogP contribution >= 0.6 is 0 Å². The Morgan fingerprint density at radius 2 is 1.05 bits per heavy atom. The van der Waals surface area contributed by atoms with Crippen LogP contribution in [0, 0.1) is 11.8 Å². The van der Waals surface area contributed by atoms with Gasteiger partial charge in [0.2, 0.25) is 0 Å². The Morgan fingerprint density at radius 1 is 0.773 bits per heavy atom. The standard InChI is InChI=1S/C14H20O8/c1-5-21-13(19)7(3)9(11(15)16)10(12(17)18)8(4)14(20)22-6-2/h7-8H,5-6H2,1-4H3,(H,15,16)(H,17,18). The Hall–Kier alpha value is -2.38. The molecule has 0 spiro atoms. The van der Waals surface area contributed by atoms with Crippen molar-refractivity contribution in [3.8, 4) is 0 Å². The molecule has 8 heteroatoms. The predicted molar refractivity (Wildman–Crippen MR) is 73.9 cm³/mol. The van der Waals surface area contributed by atoms with Crippen molar-refractivity contribution in [2.24, 2.45) is 11.8 Å². The number of esters is 2. The van der Waals surface area contributed by atoms with Gasteiger partial charge in [-0.1, -0.05) is 0 Å². The summed E-state index contributed by atoms with van der Waals surface area (Å²) >= 11 is 0. The fourth-order valence-electron chi connectivity index (χ4n) is 1.84. The van der Waals surface area contributed by atoms with Crippen LogP contribution in [-0.4, -0.2) is 47.3 Å². The van der Waals surface area contributed by atoms with E-state index in [0.717, 1.165) is 0 Å². The molecule has 0 fully saturated rings. The molecule has 0 rings (SSSR count). The molecule has 0 aromatic carbocycles. The van der Waals surface area contributed by atoms with E-state index in [1.54, 1.807) is 0 Å². The summed E-state index contributed by atoms with van der Waals surface area (Å²) in [6, 6.07) is 0. The fourth-order valence-corrected chi connectivity index (χ4v) is 1.84. The van der Waals surface area contributed by atoms with Crippen LogP contribution in [0.2, 0.25) is 0 Å². The van der Waals surface area contributed by atoms with E-state index in [-0.39, 0.29) is 13.2 Å². The molecule has 0 heterocycles. The molecule has 0 radical (unpaired) electrons. The van der Waals surface area contributed by atoms with Gasteiger partial charge in [-0.25, -0.2) is 9.59 Å². The second kappa shape index (κ2) is 8.81. The number of carboxylic acid groups (broad SMARTS) is 2. The normalized spacial score (nSPS) is 14.4. The monoisotopic (exact) mass is 316 g/mol. The number of carboxylic acids is 2. The van der Waals surface area contributed by atoms with Crippen LogP contribution in [0.4, 0.5) is 0 Å². The second-order valence-corrected chi connectivity index (χ2v) is 4.39. The lowest BCUT2D eigenvalue weighted by Gasteiger charge is -2.18. The van der Waals surface area contributed by atoms with E-state index in [1.807, 2.05) is 0 Å². The van der Waals surface area contributed by atoms with Crippen molar-refractivity contribution in [3.05, 3.63) is 11.1 Å². The molecule has 124 valence electrons. The first kappa shape index (κ1) is 19.6. The molecule has 2 unspecified atom stereocenters. The fraction of sp³-hybridized carbons (Fsp3) is 0.571. The summed E-state index contributed by atoms with van der Waals surface area (Å²) in [4.78, 5) is 46.2. The summed E-state index contributed by atoms with van der Waals surface area (Å²) in [5.74, 6) is -7.63. The summed E-state index contributed by atoms with van der Waals surface area (Å²) in [7, 11) is 0. The molecule has 0 saturated heterocycles. The number of carbonyl (C=O) groups is 4. The summed E-state index contributed by atoms with van der Waals surface area (Å²) in [5.41, 5.74) is -1.38. The zero-order valence-electron chi connectivity index (χ0n) is 12.9. The quantitative estimate of drug-likeness (QED) is 0.498. The average Bonchev–Trinajstić information content (AvgIpc) is 2.42. The summed E-state index contributed by atoms with van der Waals surface area (Å²) in [6.07, 6.45) is 0. The van der Waals surface area contributed by atoms with Gasteiger partial charge in [-0.3, -0.25) is 9.59 Å². The van der Waals surface area contributed by atoms with Crippen molar-refractivity contribution in [1.29, 1.82) is 0 Å². The molecule has 8 nitrogen and oxygen atoms in total. The largest absolute Gasteiger partial charge is 0.478 e. The number of rotatable bonds is 8. The molecule has 0 saturated carbocycles. The van der Waals surface area contributed by atoms with Crippen molar-refractivity contribution in [2.45, 2.75) is 27.7 Å². The Bertz CT molecular complexity index is 447. The zero-order valence-corrected chi connectivity index (χ0v) is 12.9. The van der Waals surface area contributed by atoms with Crippen molar-refractivity contribution in [2.75, 3.05) is 13.2 Å². The van der Waals surface area contributed by atoms with E-state index in [4.69, 9.17) is 9.47 Å². The van der Waals surface area contributed by atoms with Gasteiger partial charge in [-0.15, -0.1) is 0 Å². The molecule has 0 aromatic heterocycles. The maximum absolute atomic E-state index is 11.7. The lowest BCUT2D eigenvalue weighted by Crippen LogP contribution is -2.30. The van der Waals surface area contributed by atoms with Gasteiger partial charge in [-0.05, 0) is 27.7 Å². The van der Waals surface area contributed by atoms with Gasteiger partial charge >= 0.3 is 23.9 Å². The molecular formula is C14H20O8. The first-order valence-corrected chi connectivity index (χ1v) is 6.72. The molecule has 2 N–H and O–H groups in total. The van der Waals surface area contributed by atoms with Gasteiger partial charge < -0.3 is 19.7 Å². The Kier molecular flexibility index (Phi) is 7.85. The number of aliphatic carboxylic acids is 2. The molecule has 0 amide bonds. The Labute approximate surface area is 127 Å². The topological polar surface area (TPSA) is 127 Å². The van der Waals surface area contributed by atoms with Crippen LogP contribution in [0.1, 0.15) is 27.7 Å². The highest BCUT2D eigenvalue weighted by molar-refractivity contribution is 6.05. The van der Waals surface area contributed by atoms with Crippen molar-refractivity contribution in [3.63, 3.8) is 0 Å². The molecule has 0 aromatic rings. The molecule has 0 bridgehead atoms. The minimum atomic E-state index is -1.60. The van der Waals surface area contributed by atoms with Gasteiger partial charge in [0.25, 0.3) is 0 Å². The molecule has 0 aliphatic heterocycles. The van der Waals surface area contributed by atoms with E-state index >= 15 is 0 Å². The minimum Gasteiger partial charge on any atom is -0.478 e. The highest BCUT2D eigenvalue weighted by Crippen LogP contribution is 2.24. The smallest absolute Gasteiger partial charge is 0.333 e. The maximum Gasteiger partial charge on any atom is 0.333 e. The second-order valence-electron chi connectivity index (χ2n) is 4.39. The Morgan fingerprint density at radius 3 is 1.23 bits per heavy atom. The lowest BCUT2D eigenvalue weighted by atomic mass is 9.88. The summed E-state index contributed by atoms with van der Waals surface area (Å²) < 4.78 is 9.41. The van der Waals surface area contributed by atoms with Gasteiger partial charge in [0.15, 0.2) is 0 Å². The van der Waals surface area contributed by atoms with Crippen LogP contribution in [0.15, 0.2) is 11.1 Å². The van der Waals surface area contributed by atoms with Crippen LogP contribution in [0.25, 0.3) is 0 Å². The van der Waals surface area contributed by atoms with Crippen molar-refractivity contribution < 1.29 is 38.9 Å². The lowest BCUT2D eigenvalue weighted by molar-refractivity contribution is -0.150. The van der Waals surface area contributed by atoms with E-state index in [1.165, 1.54) is 27.7 Å². The molecule has 0 aliphatic carbocycles. The van der Waals surface area contributed by atoms with E-state index in [2.05, 4.69) is 0 Å². The van der Waals surface area contributed by atoms with Crippen LogP contribution in [0.5, 0.6) is 0 Å². The summed E-state index contributed by atoms with van der Waals surface area (Å²) in [6.45, 7) is 5.53. The van der Waals surface area contributed by atoms with E-state index in [9.17, 15) is 29.4 Å². The molecule has 0 aliphatic rings. The van der Waals surface area contributed by atoms with E-state index < -0.39 is 46.9 Å². The SMILES string of the molecule is CCOC(=O)C(C)C(C(=O)O)=C(C(=O)O)C(C)C(=O)OCC. The minimum absolute atomic E-state index is 0.0197. The van der Waals surface area contributed by atoms with Crippen LogP contribution in [-0.2, 0) is 28.7 Å². The van der Waals surface area contributed by atoms with Gasteiger partial charge in [-0.2, -0.15) is 0 Å². The highest BCUT2D eigenvalue weighted by Gasteiger charge is 2.35. The van der Waals surface area contributed by atoms with Crippen LogP contribution in [0.3, 0.4) is 0 Å². The van der Waals surface area contributed by atoms with E-state index in [0.29, 0.717) is 0 Å². The van der Waals surface area contributed by atoms with Crippen molar-refractivity contribution in [1.82, 2.24) is 0 Å². The third-order valence-electron chi connectivity index (χ3n) is 2.90. The number of carbonyl (C=O) groups excluding carboxylic acids is 2.